The molecule has 122 valence electrons. The van der Waals surface area contributed by atoms with Crippen LogP contribution in [0.4, 0.5) is 4.79 Å². The molecule has 1 aromatic carbocycles. The van der Waals surface area contributed by atoms with Gasteiger partial charge in [0, 0.05) is 12.1 Å². The van der Waals surface area contributed by atoms with Crippen LogP contribution in [0.1, 0.15) is 64.4 Å². The molecule has 22 heavy (non-hydrogen) atoms. The van der Waals surface area contributed by atoms with Gasteiger partial charge in [-0.25, -0.2) is 4.79 Å². The summed E-state index contributed by atoms with van der Waals surface area (Å²) in [6.07, 6.45) is 0.295. The van der Waals surface area contributed by atoms with Crippen molar-refractivity contribution in [3.8, 4) is 5.75 Å². The Morgan fingerprint density at radius 1 is 1.14 bits per heavy atom. The maximum absolute atomic E-state index is 12.3. The number of benzene rings is 1. The fraction of sp³-hybridized carbons (Fsp3) is 0.556. The minimum atomic E-state index is -0.434. The highest BCUT2D eigenvalue weighted by atomic mass is 16.6. The van der Waals surface area contributed by atoms with E-state index in [4.69, 9.17) is 4.74 Å². The molecule has 1 rings (SSSR count). The van der Waals surface area contributed by atoms with Crippen molar-refractivity contribution in [2.75, 3.05) is 0 Å². The van der Waals surface area contributed by atoms with Crippen molar-refractivity contribution < 1.29 is 14.3 Å². The Morgan fingerprint density at radius 2 is 1.68 bits per heavy atom. The highest BCUT2D eigenvalue weighted by Crippen LogP contribution is 2.27. The van der Waals surface area contributed by atoms with E-state index in [1.807, 2.05) is 33.8 Å². The minimum Gasteiger partial charge on any atom is -0.409 e. The lowest BCUT2D eigenvalue weighted by atomic mass is 9.86. The summed E-state index contributed by atoms with van der Waals surface area (Å²) in [4.78, 5) is 25.3. The molecular formula is C18H27NO3. The first-order chi connectivity index (χ1) is 10.1. The third kappa shape index (κ3) is 4.33. The van der Waals surface area contributed by atoms with Crippen LogP contribution in [0.25, 0.3) is 0 Å². The van der Waals surface area contributed by atoms with E-state index in [2.05, 4.69) is 20.8 Å². The molecule has 0 heterocycles. The predicted molar refractivity (Wildman–Crippen MR) is 88.7 cm³/mol. The van der Waals surface area contributed by atoms with Crippen LogP contribution < -0.4 is 4.74 Å². The highest BCUT2D eigenvalue weighted by molar-refractivity contribution is 5.82. The van der Waals surface area contributed by atoms with E-state index in [-0.39, 0.29) is 17.5 Å². The summed E-state index contributed by atoms with van der Waals surface area (Å²) in [7, 11) is 0. The third-order valence-corrected chi connectivity index (χ3v) is 3.52. The van der Waals surface area contributed by atoms with Crippen molar-refractivity contribution in [1.82, 2.24) is 4.90 Å². The number of amides is 1. The normalized spacial score (nSPS) is 11.7. The number of rotatable bonds is 4. The van der Waals surface area contributed by atoms with Crippen molar-refractivity contribution in [3.63, 3.8) is 0 Å². The second-order valence-electron chi connectivity index (χ2n) is 7.08. The van der Waals surface area contributed by atoms with Crippen molar-refractivity contribution in [1.29, 1.82) is 0 Å². The first-order valence-electron chi connectivity index (χ1n) is 7.67. The van der Waals surface area contributed by atoms with Crippen LogP contribution in [0.3, 0.4) is 0 Å². The zero-order valence-electron chi connectivity index (χ0n) is 14.6. The van der Waals surface area contributed by atoms with Crippen LogP contribution >= 0.6 is 0 Å². The van der Waals surface area contributed by atoms with Gasteiger partial charge in [-0.15, -0.1) is 0 Å². The summed E-state index contributed by atoms with van der Waals surface area (Å²) in [5.41, 5.74) is 1.36. The Morgan fingerprint density at radius 3 is 2.09 bits per heavy atom. The molecule has 1 amide bonds. The van der Waals surface area contributed by atoms with Gasteiger partial charge in [-0.2, -0.15) is 0 Å². The molecule has 4 heteroatoms. The van der Waals surface area contributed by atoms with Crippen LogP contribution in [0.2, 0.25) is 0 Å². The Labute approximate surface area is 133 Å². The van der Waals surface area contributed by atoms with E-state index in [9.17, 15) is 9.59 Å². The van der Waals surface area contributed by atoms with E-state index < -0.39 is 6.09 Å². The molecule has 1 aromatic rings. The lowest BCUT2D eigenvalue weighted by molar-refractivity contribution is 0.111. The van der Waals surface area contributed by atoms with Crippen molar-refractivity contribution in [2.24, 2.45) is 0 Å². The SMILES string of the molecule is CC(C)N(C(=O)Oc1ccc(C(C)(C)C)cc1C=O)C(C)C. The Kier molecular flexibility index (Phi) is 5.75. The molecule has 0 saturated heterocycles. The molecule has 0 N–H and O–H groups in total. The van der Waals surface area contributed by atoms with E-state index in [1.54, 1.807) is 17.0 Å². The predicted octanol–water partition coefficient (Wildman–Crippen LogP) is 4.41. The summed E-state index contributed by atoms with van der Waals surface area (Å²) in [6.45, 7) is 14.0. The molecule has 0 aliphatic heterocycles. The number of nitrogens with zero attached hydrogens (tertiary/aromatic N) is 1. The van der Waals surface area contributed by atoms with E-state index in [0.717, 1.165) is 11.8 Å². The third-order valence-electron chi connectivity index (χ3n) is 3.52. The Hall–Kier alpha value is -1.84. The maximum atomic E-state index is 12.3. The van der Waals surface area contributed by atoms with Crippen molar-refractivity contribution in [3.05, 3.63) is 29.3 Å². The molecule has 0 aliphatic rings. The van der Waals surface area contributed by atoms with Gasteiger partial charge in [0.1, 0.15) is 5.75 Å². The van der Waals surface area contributed by atoms with Gasteiger partial charge in [-0.05, 0) is 50.8 Å². The van der Waals surface area contributed by atoms with Gasteiger partial charge in [0.2, 0.25) is 0 Å². The lowest BCUT2D eigenvalue weighted by Crippen LogP contribution is -2.43. The number of ether oxygens (including phenoxy) is 1. The molecule has 0 radical (unpaired) electrons. The number of carbonyl (C=O) groups excluding carboxylic acids is 2. The first kappa shape index (κ1) is 18.2. The first-order valence-corrected chi connectivity index (χ1v) is 7.67. The zero-order valence-corrected chi connectivity index (χ0v) is 14.6. The summed E-state index contributed by atoms with van der Waals surface area (Å²) in [5, 5.41) is 0. The van der Waals surface area contributed by atoms with Gasteiger partial charge in [0.15, 0.2) is 6.29 Å². The molecule has 0 saturated carbocycles. The molecule has 0 spiro atoms. The smallest absolute Gasteiger partial charge is 0.409 e. The Bertz CT molecular complexity index is 534. The molecule has 0 aliphatic carbocycles. The summed E-state index contributed by atoms with van der Waals surface area (Å²) < 4.78 is 5.44. The van der Waals surface area contributed by atoms with Crippen LogP contribution in [-0.2, 0) is 5.41 Å². The van der Waals surface area contributed by atoms with Crippen LogP contribution in [0.5, 0.6) is 5.75 Å². The lowest BCUT2D eigenvalue weighted by Gasteiger charge is -2.29. The van der Waals surface area contributed by atoms with Crippen LogP contribution in [-0.4, -0.2) is 29.4 Å². The summed E-state index contributed by atoms with van der Waals surface area (Å²) in [5.74, 6) is 0.305. The number of carbonyl (C=O) groups is 2. The van der Waals surface area contributed by atoms with Gasteiger partial charge in [-0.1, -0.05) is 26.8 Å². The van der Waals surface area contributed by atoms with Crippen LogP contribution in [0.15, 0.2) is 18.2 Å². The average molecular weight is 305 g/mol. The topological polar surface area (TPSA) is 46.6 Å². The monoisotopic (exact) mass is 305 g/mol. The van der Waals surface area contributed by atoms with Crippen LogP contribution in [0, 0.1) is 0 Å². The molecule has 4 nitrogen and oxygen atoms in total. The van der Waals surface area contributed by atoms with E-state index in [1.165, 1.54) is 0 Å². The molecule has 0 unspecified atom stereocenters. The summed E-state index contributed by atoms with van der Waals surface area (Å²) >= 11 is 0. The van der Waals surface area contributed by atoms with E-state index in [0.29, 0.717) is 11.3 Å². The van der Waals surface area contributed by atoms with Crippen molar-refractivity contribution in [2.45, 2.75) is 66.0 Å². The largest absolute Gasteiger partial charge is 0.415 e. The van der Waals surface area contributed by atoms with E-state index >= 15 is 0 Å². The average Bonchev–Trinajstić information content (AvgIpc) is 2.36. The Balaban J connectivity index is 3.08. The van der Waals surface area contributed by atoms with Gasteiger partial charge >= 0.3 is 6.09 Å². The number of aldehydes is 1. The zero-order chi connectivity index (χ0) is 17.1. The highest BCUT2D eigenvalue weighted by Gasteiger charge is 2.23. The fourth-order valence-electron chi connectivity index (χ4n) is 2.36. The van der Waals surface area contributed by atoms with Gasteiger partial charge in [-0.3, -0.25) is 4.79 Å². The summed E-state index contributed by atoms with van der Waals surface area (Å²) in [6, 6.07) is 5.43. The molecule has 0 bridgehead atoms. The molecule has 0 fully saturated rings. The maximum Gasteiger partial charge on any atom is 0.415 e. The van der Waals surface area contributed by atoms with Gasteiger partial charge in [0.05, 0.1) is 5.56 Å². The van der Waals surface area contributed by atoms with Gasteiger partial charge < -0.3 is 9.64 Å². The minimum absolute atomic E-state index is 0.0287. The number of hydrogen-bond acceptors (Lipinski definition) is 3. The second kappa shape index (κ2) is 6.95. The quantitative estimate of drug-likeness (QED) is 0.774. The second-order valence-corrected chi connectivity index (χ2v) is 7.08. The fourth-order valence-corrected chi connectivity index (χ4v) is 2.36. The molecular weight excluding hydrogens is 278 g/mol. The number of hydrogen-bond donors (Lipinski definition) is 0. The molecule has 0 atom stereocenters. The standard InChI is InChI=1S/C18H27NO3/c1-12(2)19(13(3)4)17(21)22-16-9-8-15(18(5,6)7)10-14(16)11-20/h8-13H,1-7H3. The van der Waals surface area contributed by atoms with Crippen molar-refractivity contribution >= 4 is 12.4 Å². The van der Waals surface area contributed by atoms with Gasteiger partial charge in [0.25, 0.3) is 0 Å². The molecule has 0 aromatic heterocycles.